The van der Waals surface area contributed by atoms with Gasteiger partial charge in [0.2, 0.25) is 0 Å². The van der Waals surface area contributed by atoms with Crippen LogP contribution in [0, 0.1) is 19.3 Å². The summed E-state index contributed by atoms with van der Waals surface area (Å²) < 4.78 is 4.61. The van der Waals surface area contributed by atoms with Gasteiger partial charge < -0.3 is 4.57 Å². The lowest BCUT2D eigenvalue weighted by Crippen LogP contribution is -2.05. The van der Waals surface area contributed by atoms with Gasteiger partial charge >= 0.3 is 0 Å². The summed E-state index contributed by atoms with van der Waals surface area (Å²) in [5.74, 6) is 3.44. The lowest BCUT2D eigenvalue weighted by atomic mass is 10.00. The van der Waals surface area contributed by atoms with Crippen LogP contribution in [0.15, 0.2) is 159 Å². The third kappa shape index (κ3) is 14.1. The van der Waals surface area contributed by atoms with Crippen LogP contribution in [0.25, 0.3) is 61.9 Å². The van der Waals surface area contributed by atoms with Crippen molar-refractivity contribution in [3.8, 4) is 40.5 Å². The number of fused-ring (bicyclic) bond motifs is 3. The molecular formula is C61H76N4. The van der Waals surface area contributed by atoms with E-state index in [-0.39, 0.29) is 0 Å². The number of rotatable bonds is 11. The van der Waals surface area contributed by atoms with Crippen LogP contribution in [0.2, 0.25) is 0 Å². The van der Waals surface area contributed by atoms with Crippen molar-refractivity contribution >= 4 is 33.7 Å². The smallest absolute Gasteiger partial charge is 0.165 e. The van der Waals surface area contributed by atoms with Crippen LogP contribution < -0.4 is 0 Å². The third-order valence-corrected chi connectivity index (χ3v) is 10.3. The molecular weight excluding hydrogens is 789 g/mol. The number of benzene rings is 3. The number of nitrogens with zero attached hydrogens (tertiary/aromatic N) is 4. The first kappa shape index (κ1) is 54.4. The highest BCUT2D eigenvalue weighted by molar-refractivity contribution is 5.95. The van der Waals surface area contributed by atoms with Gasteiger partial charge in [0.25, 0.3) is 0 Å². The molecule has 0 unspecified atom stereocenters. The van der Waals surface area contributed by atoms with Crippen molar-refractivity contribution in [2.24, 2.45) is 0 Å². The molecule has 340 valence electrons. The van der Waals surface area contributed by atoms with E-state index < -0.39 is 0 Å². The van der Waals surface area contributed by atoms with Crippen LogP contribution in [0.5, 0.6) is 0 Å². The predicted octanol–water partition coefficient (Wildman–Crippen LogP) is 17.7. The summed E-state index contributed by atoms with van der Waals surface area (Å²) in [5.41, 5.74) is 13.5. The number of hydrogen-bond acceptors (Lipinski definition) is 2. The van der Waals surface area contributed by atoms with E-state index in [4.69, 9.17) is 16.4 Å². The molecule has 0 N–H and O–H groups in total. The van der Waals surface area contributed by atoms with Crippen LogP contribution in [-0.4, -0.2) is 19.1 Å². The summed E-state index contributed by atoms with van der Waals surface area (Å²) in [4.78, 5) is 10.4. The Bertz CT molecular complexity index is 2620. The molecule has 7 rings (SSSR count). The van der Waals surface area contributed by atoms with E-state index in [1.807, 2.05) is 92.8 Å². The standard InChI is InChI=1S/C50H46N4.C3H6.4C2H6/c1-6-9-11-13-17-22-38-27-28-40-34-42(30-29-39(40)33-38)49-52-48-45(31-32-51-50(48)53(49)36(4)21-16-12-10-7-2)41-23-20-24-43(35-41)54-46(8-3)37(5)44-25-18-14-15-19-26-47(44)54;1-3-2;4*1-2/h2,6,8-14,17-18,20-21,23-24,27-35H,1,3,15-16,19,22,25-26H2,4-5H3;3H,1H2,2H3;4*1-2H3/b11-9-,12-10-,17-13-,18-14-,36-21+;;;;;. The maximum absolute atomic E-state index is 5.49. The van der Waals surface area contributed by atoms with Gasteiger partial charge in [0.05, 0.1) is 0 Å². The second-order valence-electron chi connectivity index (χ2n) is 14.1. The molecule has 0 radical (unpaired) electrons. The molecule has 0 saturated heterocycles. The van der Waals surface area contributed by atoms with Crippen molar-refractivity contribution in [3.05, 3.63) is 188 Å². The fourth-order valence-electron chi connectivity index (χ4n) is 7.60. The number of imidazole rings is 1. The third-order valence-electron chi connectivity index (χ3n) is 10.3. The number of terminal acetylenes is 1. The van der Waals surface area contributed by atoms with Crippen LogP contribution in [0.1, 0.15) is 117 Å². The van der Waals surface area contributed by atoms with Crippen LogP contribution in [-0.2, 0) is 19.3 Å². The van der Waals surface area contributed by atoms with Gasteiger partial charge in [-0.3, -0.25) is 4.57 Å². The highest BCUT2D eigenvalue weighted by Crippen LogP contribution is 2.37. The summed E-state index contributed by atoms with van der Waals surface area (Å²) in [5, 5.41) is 2.36. The van der Waals surface area contributed by atoms with Crippen molar-refractivity contribution in [3.63, 3.8) is 0 Å². The average Bonchev–Trinajstić information content (AvgIpc) is 3.87. The topological polar surface area (TPSA) is 35.6 Å². The highest BCUT2D eigenvalue weighted by Gasteiger charge is 2.22. The summed E-state index contributed by atoms with van der Waals surface area (Å²) in [6.07, 6.45) is 37.4. The zero-order valence-corrected chi connectivity index (χ0v) is 41.6. The molecule has 0 aliphatic heterocycles. The van der Waals surface area contributed by atoms with E-state index in [2.05, 4.69) is 146 Å². The maximum Gasteiger partial charge on any atom is 0.165 e. The SMILES string of the molecule is C#C/C=C\C/C=C(\C)n1c(-c2ccc3cc(C/C=C\C=C/C=C)ccc3c2)nc2c(-c3cccc(-n4c(C=C)c(C)c5c4CCC/C=C\C5)c3)ccnc21.C=CC.CC.CC.CC.CC. The first-order valence-electron chi connectivity index (χ1n) is 23.7. The average molecular weight is 865 g/mol. The molecule has 0 fully saturated rings. The molecule has 3 heterocycles. The van der Waals surface area contributed by atoms with E-state index in [0.29, 0.717) is 6.42 Å². The van der Waals surface area contributed by atoms with E-state index in [1.54, 1.807) is 18.2 Å². The fraction of sp³-hybridized carbons (Fsp3) is 0.279. The molecule has 1 aliphatic rings. The second kappa shape index (κ2) is 30.4. The Morgan fingerprint density at radius 1 is 0.831 bits per heavy atom. The number of pyridine rings is 1. The zero-order chi connectivity index (χ0) is 48.1. The van der Waals surface area contributed by atoms with E-state index in [0.717, 1.165) is 82.6 Å². The van der Waals surface area contributed by atoms with Gasteiger partial charge in [-0.25, -0.2) is 9.97 Å². The minimum absolute atomic E-state index is 0.706. The van der Waals surface area contributed by atoms with E-state index in [1.165, 1.54) is 33.5 Å². The normalized spacial score (nSPS) is 12.3. The summed E-state index contributed by atoms with van der Waals surface area (Å²) >= 11 is 0. The molecule has 3 aromatic carbocycles. The Morgan fingerprint density at radius 2 is 1.55 bits per heavy atom. The van der Waals surface area contributed by atoms with Crippen LogP contribution in [0.3, 0.4) is 0 Å². The molecule has 0 amide bonds. The summed E-state index contributed by atoms with van der Waals surface area (Å²) in [7, 11) is 0. The Kier molecular flexibility index (Phi) is 25.5. The van der Waals surface area contributed by atoms with Crippen molar-refractivity contribution in [2.45, 2.75) is 115 Å². The molecule has 0 saturated carbocycles. The molecule has 4 nitrogen and oxygen atoms in total. The number of aromatic nitrogens is 4. The quantitative estimate of drug-likeness (QED) is 0.0739. The number of hydrogen-bond donors (Lipinski definition) is 0. The lowest BCUT2D eigenvalue weighted by molar-refractivity contribution is 0.774. The lowest BCUT2D eigenvalue weighted by Gasteiger charge is -2.15. The molecule has 0 spiro atoms. The van der Waals surface area contributed by atoms with Crippen molar-refractivity contribution in [1.29, 1.82) is 0 Å². The molecule has 4 heteroatoms. The van der Waals surface area contributed by atoms with Gasteiger partial charge in [-0.2, -0.15) is 0 Å². The Labute approximate surface area is 394 Å². The van der Waals surface area contributed by atoms with Gasteiger partial charge in [-0.1, -0.05) is 178 Å². The largest absolute Gasteiger partial charge is 0.314 e. The van der Waals surface area contributed by atoms with Crippen LogP contribution >= 0.6 is 0 Å². The van der Waals surface area contributed by atoms with Gasteiger partial charge in [-0.05, 0) is 129 Å². The predicted molar refractivity (Wildman–Crippen MR) is 292 cm³/mol. The molecule has 65 heavy (non-hydrogen) atoms. The highest BCUT2D eigenvalue weighted by atomic mass is 15.1. The summed E-state index contributed by atoms with van der Waals surface area (Å²) in [6.45, 7) is 33.6. The molecule has 0 atom stereocenters. The van der Waals surface area contributed by atoms with Crippen molar-refractivity contribution in [1.82, 2.24) is 19.1 Å². The summed E-state index contributed by atoms with van der Waals surface area (Å²) in [6, 6.07) is 24.2. The maximum atomic E-state index is 5.49. The van der Waals surface area contributed by atoms with Gasteiger partial charge in [-0.15, -0.1) is 13.0 Å². The molecule has 3 aromatic heterocycles. The fourth-order valence-corrected chi connectivity index (χ4v) is 7.60. The van der Waals surface area contributed by atoms with E-state index in [9.17, 15) is 0 Å². The Balaban J connectivity index is 0.00000122. The van der Waals surface area contributed by atoms with Crippen molar-refractivity contribution in [2.75, 3.05) is 0 Å². The second-order valence-corrected chi connectivity index (χ2v) is 14.1. The van der Waals surface area contributed by atoms with Gasteiger partial charge in [0, 0.05) is 40.1 Å². The minimum Gasteiger partial charge on any atom is -0.314 e. The Hall–Kier alpha value is -6.70. The van der Waals surface area contributed by atoms with Gasteiger partial charge in [0.1, 0.15) is 11.3 Å². The first-order chi connectivity index (χ1) is 31.9. The van der Waals surface area contributed by atoms with Gasteiger partial charge in [0.15, 0.2) is 5.65 Å². The van der Waals surface area contributed by atoms with Crippen LogP contribution in [0.4, 0.5) is 0 Å². The monoisotopic (exact) mass is 865 g/mol. The Morgan fingerprint density at radius 3 is 2.26 bits per heavy atom. The molecule has 1 aliphatic carbocycles. The molecule has 6 aromatic rings. The van der Waals surface area contributed by atoms with E-state index >= 15 is 0 Å². The number of allylic oxidation sites excluding steroid dienone is 12. The first-order valence-corrected chi connectivity index (χ1v) is 23.7. The minimum atomic E-state index is 0.706. The van der Waals surface area contributed by atoms with Crippen molar-refractivity contribution < 1.29 is 0 Å². The molecule has 0 bridgehead atoms. The zero-order valence-electron chi connectivity index (χ0n) is 41.6.